The highest BCUT2D eigenvalue weighted by Crippen LogP contribution is 2.30. The largest absolute Gasteiger partial charge is 0.481 e. The smallest absolute Gasteiger partial charge is 0.274 e. The van der Waals surface area contributed by atoms with Crippen LogP contribution in [0.5, 0.6) is 5.06 Å². The van der Waals surface area contributed by atoms with Crippen LogP contribution in [0.4, 0.5) is 18.9 Å². The van der Waals surface area contributed by atoms with Crippen molar-refractivity contribution in [1.82, 2.24) is 9.36 Å². The Morgan fingerprint density at radius 2 is 1.87 bits per heavy atom. The fourth-order valence-corrected chi connectivity index (χ4v) is 3.33. The Morgan fingerprint density at radius 3 is 2.55 bits per heavy atom. The molecule has 1 aromatic carbocycles. The lowest BCUT2D eigenvalue weighted by Crippen LogP contribution is -2.19. The van der Waals surface area contributed by atoms with Gasteiger partial charge in [0.1, 0.15) is 34.5 Å². The van der Waals surface area contributed by atoms with Crippen molar-refractivity contribution in [2.24, 2.45) is 0 Å². The number of benzene rings is 1. The number of carbonyl (C=O) groups excluding carboxylic acids is 1. The molecule has 0 aliphatic heterocycles. The third kappa shape index (κ3) is 5.80. The van der Waals surface area contributed by atoms with Crippen LogP contribution in [0.1, 0.15) is 37.2 Å². The van der Waals surface area contributed by atoms with Gasteiger partial charge in [-0.1, -0.05) is 6.07 Å². The van der Waals surface area contributed by atoms with Crippen molar-refractivity contribution < 1.29 is 27.8 Å². The molecule has 0 unspecified atom stereocenters. The van der Waals surface area contributed by atoms with Gasteiger partial charge in [-0.3, -0.25) is 4.79 Å². The summed E-state index contributed by atoms with van der Waals surface area (Å²) in [6.45, 7) is 3.70. The minimum absolute atomic E-state index is 0.238. The lowest BCUT2D eigenvalue weighted by atomic mass is 10.0. The summed E-state index contributed by atoms with van der Waals surface area (Å²) in [5, 5.41) is 12.6. The zero-order valence-electron chi connectivity index (χ0n) is 16.8. The maximum Gasteiger partial charge on any atom is 0.274 e. The summed E-state index contributed by atoms with van der Waals surface area (Å²) in [7, 11) is 0. The first kappa shape index (κ1) is 22.7. The van der Waals surface area contributed by atoms with Crippen molar-refractivity contribution in [3.63, 3.8) is 0 Å². The van der Waals surface area contributed by atoms with Gasteiger partial charge in [-0.25, -0.2) is 18.2 Å². The van der Waals surface area contributed by atoms with Crippen LogP contribution in [0.2, 0.25) is 0 Å². The number of ether oxygens (including phenoxy) is 1. The minimum Gasteiger partial charge on any atom is -0.481 e. The highest BCUT2D eigenvalue weighted by Gasteiger charge is 2.20. The lowest BCUT2D eigenvalue weighted by Gasteiger charge is -2.16. The van der Waals surface area contributed by atoms with Crippen LogP contribution in [0.3, 0.4) is 0 Å². The molecule has 0 aliphatic rings. The standard InChI is InChI=1S/C21H20F3N3O3S/c1-21(2,29)9-4-10-30-20-16(11-25-31-20)27-19(28)15-8-7-14(24)18(26-15)17-12(22)5-3-6-13(17)23/h3,5-8,11,29H,4,9-10H2,1-2H3,(H,27,28). The van der Waals surface area contributed by atoms with E-state index in [1.807, 2.05) is 0 Å². The van der Waals surface area contributed by atoms with Gasteiger partial charge in [0.25, 0.3) is 5.91 Å². The highest BCUT2D eigenvalue weighted by atomic mass is 32.1. The summed E-state index contributed by atoms with van der Waals surface area (Å²) < 4.78 is 51.9. The van der Waals surface area contributed by atoms with E-state index < -0.39 is 40.2 Å². The molecule has 0 saturated heterocycles. The van der Waals surface area contributed by atoms with E-state index in [9.17, 15) is 23.1 Å². The topological polar surface area (TPSA) is 84.3 Å². The molecule has 2 heterocycles. The van der Waals surface area contributed by atoms with Crippen molar-refractivity contribution in [3.05, 3.63) is 59.7 Å². The Morgan fingerprint density at radius 1 is 1.16 bits per heavy atom. The summed E-state index contributed by atoms with van der Waals surface area (Å²) in [6.07, 6.45) is 2.50. The summed E-state index contributed by atoms with van der Waals surface area (Å²) >= 11 is 1.02. The average molecular weight is 451 g/mol. The van der Waals surface area contributed by atoms with Crippen LogP contribution in [-0.4, -0.2) is 32.6 Å². The number of carbonyl (C=O) groups is 1. The van der Waals surface area contributed by atoms with Gasteiger partial charge >= 0.3 is 0 Å². The average Bonchev–Trinajstić information content (AvgIpc) is 3.12. The number of hydrogen-bond acceptors (Lipinski definition) is 6. The molecule has 3 rings (SSSR count). The monoisotopic (exact) mass is 451 g/mol. The lowest BCUT2D eigenvalue weighted by molar-refractivity contribution is 0.0643. The van der Waals surface area contributed by atoms with Gasteiger partial charge in [-0.05, 0) is 51.0 Å². The van der Waals surface area contributed by atoms with Gasteiger partial charge in [0.05, 0.1) is 24.0 Å². The number of rotatable bonds is 8. The Balaban J connectivity index is 1.75. The predicted molar refractivity (Wildman–Crippen MR) is 111 cm³/mol. The zero-order chi connectivity index (χ0) is 22.6. The number of amides is 1. The fraction of sp³-hybridized carbons (Fsp3) is 0.286. The number of nitrogens with one attached hydrogen (secondary N) is 1. The number of anilines is 1. The first-order valence-electron chi connectivity index (χ1n) is 9.38. The second kappa shape index (κ2) is 9.44. The van der Waals surface area contributed by atoms with E-state index in [1.165, 1.54) is 6.20 Å². The van der Waals surface area contributed by atoms with E-state index in [1.54, 1.807) is 13.8 Å². The molecule has 0 atom stereocenters. The van der Waals surface area contributed by atoms with Crippen LogP contribution >= 0.6 is 11.5 Å². The number of aliphatic hydroxyl groups is 1. The Hall–Kier alpha value is -2.98. The van der Waals surface area contributed by atoms with E-state index in [4.69, 9.17) is 4.74 Å². The molecule has 10 heteroatoms. The molecule has 0 bridgehead atoms. The van der Waals surface area contributed by atoms with Gasteiger partial charge in [0, 0.05) is 11.5 Å². The third-order valence-corrected chi connectivity index (χ3v) is 4.94. The van der Waals surface area contributed by atoms with Crippen molar-refractivity contribution >= 4 is 23.1 Å². The Bertz CT molecular complexity index is 1060. The molecule has 164 valence electrons. The van der Waals surface area contributed by atoms with E-state index in [-0.39, 0.29) is 11.4 Å². The zero-order valence-corrected chi connectivity index (χ0v) is 17.6. The predicted octanol–water partition coefficient (Wildman–Crippen LogP) is 4.80. The van der Waals surface area contributed by atoms with Gasteiger partial charge in [-0.2, -0.15) is 4.37 Å². The van der Waals surface area contributed by atoms with Crippen LogP contribution in [0.15, 0.2) is 36.5 Å². The summed E-state index contributed by atoms with van der Waals surface area (Å²) in [4.78, 5) is 16.4. The second-order valence-corrected chi connectivity index (χ2v) is 8.13. The third-order valence-electron chi connectivity index (χ3n) is 4.23. The summed E-state index contributed by atoms with van der Waals surface area (Å²) in [6, 6.07) is 5.13. The molecule has 0 aliphatic carbocycles. The van der Waals surface area contributed by atoms with Gasteiger partial charge in [-0.15, -0.1) is 0 Å². The maximum atomic E-state index is 14.2. The molecule has 0 spiro atoms. The Labute approximate surface area is 180 Å². The molecular formula is C21H20F3N3O3S. The molecule has 2 aromatic heterocycles. The highest BCUT2D eigenvalue weighted by molar-refractivity contribution is 7.08. The van der Waals surface area contributed by atoms with Crippen LogP contribution < -0.4 is 10.1 Å². The van der Waals surface area contributed by atoms with Crippen molar-refractivity contribution in [3.8, 4) is 16.3 Å². The van der Waals surface area contributed by atoms with Crippen molar-refractivity contribution in [2.45, 2.75) is 32.3 Å². The fourth-order valence-electron chi connectivity index (χ4n) is 2.74. The molecule has 6 nitrogen and oxygen atoms in total. The normalized spacial score (nSPS) is 11.4. The number of pyridine rings is 1. The number of hydrogen-bond donors (Lipinski definition) is 2. The van der Waals surface area contributed by atoms with Crippen molar-refractivity contribution in [2.75, 3.05) is 11.9 Å². The number of aromatic nitrogens is 2. The molecule has 31 heavy (non-hydrogen) atoms. The summed E-state index contributed by atoms with van der Waals surface area (Å²) in [5.74, 6) is -3.67. The van der Waals surface area contributed by atoms with Crippen LogP contribution in [-0.2, 0) is 0 Å². The molecule has 0 fully saturated rings. The van der Waals surface area contributed by atoms with E-state index in [2.05, 4.69) is 14.7 Å². The SMILES string of the molecule is CC(C)(O)CCCOc1sncc1NC(=O)c1ccc(F)c(-c2c(F)cccc2F)n1. The molecule has 0 radical (unpaired) electrons. The number of halogens is 3. The van der Waals surface area contributed by atoms with E-state index in [0.717, 1.165) is 41.9 Å². The number of nitrogens with zero attached hydrogens (tertiary/aromatic N) is 2. The summed E-state index contributed by atoms with van der Waals surface area (Å²) in [5.41, 5.74) is -2.02. The van der Waals surface area contributed by atoms with Gasteiger partial charge in [0.2, 0.25) is 5.06 Å². The second-order valence-electron chi connectivity index (χ2n) is 7.37. The quantitative estimate of drug-likeness (QED) is 0.481. The first-order chi connectivity index (χ1) is 14.7. The minimum atomic E-state index is -0.993. The van der Waals surface area contributed by atoms with Gasteiger partial charge < -0.3 is 15.2 Å². The Kier molecular flexibility index (Phi) is 6.91. The maximum absolute atomic E-state index is 14.2. The molecule has 3 aromatic rings. The molecular weight excluding hydrogens is 431 g/mol. The van der Waals surface area contributed by atoms with Gasteiger partial charge in [0.15, 0.2) is 0 Å². The van der Waals surface area contributed by atoms with E-state index >= 15 is 0 Å². The first-order valence-corrected chi connectivity index (χ1v) is 10.1. The van der Waals surface area contributed by atoms with Crippen LogP contribution in [0, 0.1) is 17.5 Å². The molecule has 0 saturated carbocycles. The molecule has 2 N–H and O–H groups in total. The van der Waals surface area contributed by atoms with Crippen molar-refractivity contribution in [1.29, 1.82) is 0 Å². The van der Waals surface area contributed by atoms with E-state index in [0.29, 0.717) is 24.5 Å². The van der Waals surface area contributed by atoms with Crippen LogP contribution in [0.25, 0.3) is 11.3 Å². The molecule has 1 amide bonds.